The standard InChI is InChI=1S/C14H10N4O3/c15-9-10(8-11-4-3-7-16-11)14(19)17-12-5-1-2-6-13(12)18(20)21/h1-8,16H,(H,17,19)/b10-8+. The molecule has 21 heavy (non-hydrogen) atoms. The molecular weight excluding hydrogens is 272 g/mol. The highest BCUT2D eigenvalue weighted by atomic mass is 16.6. The Morgan fingerprint density at radius 1 is 1.33 bits per heavy atom. The molecule has 1 heterocycles. The first-order valence-corrected chi connectivity index (χ1v) is 5.92. The van der Waals surface area contributed by atoms with Crippen molar-refractivity contribution < 1.29 is 9.72 Å². The van der Waals surface area contributed by atoms with Crippen LogP contribution >= 0.6 is 0 Å². The van der Waals surface area contributed by atoms with Crippen LogP contribution in [0.2, 0.25) is 0 Å². The average Bonchev–Trinajstić information content (AvgIpc) is 2.98. The molecule has 0 saturated heterocycles. The lowest BCUT2D eigenvalue weighted by atomic mass is 10.2. The fourth-order valence-electron chi connectivity index (χ4n) is 1.67. The molecule has 1 amide bonds. The first-order chi connectivity index (χ1) is 10.1. The summed E-state index contributed by atoms with van der Waals surface area (Å²) in [5, 5.41) is 22.3. The summed E-state index contributed by atoms with van der Waals surface area (Å²) in [5.74, 6) is -0.707. The molecule has 0 fully saturated rings. The van der Waals surface area contributed by atoms with Crippen LogP contribution in [0.25, 0.3) is 6.08 Å². The number of rotatable bonds is 4. The van der Waals surface area contributed by atoms with E-state index >= 15 is 0 Å². The first kappa shape index (κ1) is 14.0. The lowest BCUT2D eigenvalue weighted by Crippen LogP contribution is -2.14. The third kappa shape index (κ3) is 3.33. The molecule has 0 aliphatic carbocycles. The number of anilines is 1. The summed E-state index contributed by atoms with van der Waals surface area (Å²) in [6.45, 7) is 0. The van der Waals surface area contributed by atoms with Crippen molar-refractivity contribution >= 4 is 23.4 Å². The van der Waals surface area contributed by atoms with E-state index in [1.807, 2.05) is 0 Å². The van der Waals surface area contributed by atoms with E-state index in [0.29, 0.717) is 5.69 Å². The van der Waals surface area contributed by atoms with E-state index in [1.165, 1.54) is 24.3 Å². The third-order valence-corrected chi connectivity index (χ3v) is 2.64. The molecule has 0 spiro atoms. The van der Waals surface area contributed by atoms with Gasteiger partial charge in [-0.1, -0.05) is 12.1 Å². The van der Waals surface area contributed by atoms with Crippen LogP contribution in [-0.2, 0) is 4.79 Å². The maximum Gasteiger partial charge on any atom is 0.292 e. The van der Waals surface area contributed by atoms with Gasteiger partial charge in [0.05, 0.1) is 4.92 Å². The number of amides is 1. The molecular formula is C14H10N4O3. The largest absolute Gasteiger partial charge is 0.362 e. The average molecular weight is 282 g/mol. The SMILES string of the molecule is N#C/C(=C\c1ccc[nH]1)C(=O)Nc1ccccc1[N+](=O)[O-]. The van der Waals surface area contributed by atoms with E-state index in [4.69, 9.17) is 5.26 Å². The highest BCUT2D eigenvalue weighted by molar-refractivity contribution is 6.10. The van der Waals surface area contributed by atoms with Crippen LogP contribution in [0.1, 0.15) is 5.69 Å². The van der Waals surface area contributed by atoms with Crippen molar-refractivity contribution in [1.29, 1.82) is 5.26 Å². The number of hydrogen-bond acceptors (Lipinski definition) is 4. The number of carbonyl (C=O) groups is 1. The normalized spacial score (nSPS) is 10.7. The lowest BCUT2D eigenvalue weighted by Gasteiger charge is -2.04. The number of benzene rings is 1. The molecule has 0 aliphatic rings. The predicted octanol–water partition coefficient (Wildman–Crippen LogP) is 2.47. The molecule has 0 atom stereocenters. The Morgan fingerprint density at radius 3 is 2.71 bits per heavy atom. The molecule has 2 N–H and O–H groups in total. The molecule has 7 nitrogen and oxygen atoms in total. The van der Waals surface area contributed by atoms with Gasteiger partial charge in [0.15, 0.2) is 0 Å². The number of carbonyl (C=O) groups excluding carboxylic acids is 1. The van der Waals surface area contributed by atoms with Gasteiger partial charge >= 0.3 is 0 Å². The van der Waals surface area contributed by atoms with E-state index in [-0.39, 0.29) is 16.9 Å². The van der Waals surface area contributed by atoms with E-state index in [1.54, 1.807) is 30.5 Å². The summed E-state index contributed by atoms with van der Waals surface area (Å²) in [6, 6.07) is 10.9. The number of nitro groups is 1. The second kappa shape index (κ2) is 6.16. The van der Waals surface area contributed by atoms with Gasteiger partial charge in [-0.05, 0) is 24.3 Å². The van der Waals surface area contributed by atoms with Crippen LogP contribution in [0.15, 0.2) is 48.2 Å². The van der Waals surface area contributed by atoms with Crippen LogP contribution in [0.4, 0.5) is 11.4 Å². The van der Waals surface area contributed by atoms with Crippen molar-refractivity contribution in [1.82, 2.24) is 4.98 Å². The van der Waals surface area contributed by atoms with E-state index < -0.39 is 10.8 Å². The summed E-state index contributed by atoms with van der Waals surface area (Å²) in [6.07, 6.45) is 3.02. The van der Waals surface area contributed by atoms with Crippen molar-refractivity contribution in [2.75, 3.05) is 5.32 Å². The summed E-state index contributed by atoms with van der Waals surface area (Å²) >= 11 is 0. The van der Waals surface area contributed by atoms with Gasteiger partial charge in [0, 0.05) is 18.0 Å². The van der Waals surface area contributed by atoms with Crippen LogP contribution < -0.4 is 5.32 Å². The summed E-state index contributed by atoms with van der Waals surface area (Å²) in [4.78, 5) is 25.1. The number of hydrogen-bond donors (Lipinski definition) is 2. The number of nitrogens with zero attached hydrogens (tertiary/aromatic N) is 2. The minimum absolute atomic E-state index is 0.0418. The maximum atomic E-state index is 12.0. The fraction of sp³-hybridized carbons (Fsp3) is 0. The van der Waals surface area contributed by atoms with Gasteiger partial charge in [-0.3, -0.25) is 14.9 Å². The van der Waals surface area contributed by atoms with Crippen molar-refractivity contribution in [2.24, 2.45) is 0 Å². The van der Waals surface area contributed by atoms with Crippen LogP contribution in [-0.4, -0.2) is 15.8 Å². The lowest BCUT2D eigenvalue weighted by molar-refractivity contribution is -0.383. The number of nitriles is 1. The van der Waals surface area contributed by atoms with Crippen molar-refractivity contribution in [2.45, 2.75) is 0 Å². The first-order valence-electron chi connectivity index (χ1n) is 5.92. The Bertz CT molecular complexity index is 742. The number of aromatic amines is 1. The van der Waals surface area contributed by atoms with Crippen LogP contribution in [0, 0.1) is 21.4 Å². The van der Waals surface area contributed by atoms with E-state index in [0.717, 1.165) is 0 Å². The molecule has 1 aromatic carbocycles. The van der Waals surface area contributed by atoms with Gasteiger partial charge in [-0.25, -0.2) is 0 Å². The highest BCUT2D eigenvalue weighted by Crippen LogP contribution is 2.23. The number of H-pyrrole nitrogens is 1. The van der Waals surface area contributed by atoms with Crippen LogP contribution in [0.5, 0.6) is 0 Å². The maximum absolute atomic E-state index is 12.0. The molecule has 0 bridgehead atoms. The molecule has 2 aromatic rings. The molecule has 0 unspecified atom stereocenters. The van der Waals surface area contributed by atoms with Crippen LogP contribution in [0.3, 0.4) is 0 Å². The molecule has 0 aliphatic heterocycles. The zero-order valence-electron chi connectivity index (χ0n) is 10.7. The second-order valence-electron chi connectivity index (χ2n) is 4.02. The van der Waals surface area contributed by atoms with Crippen molar-refractivity contribution in [3.8, 4) is 6.07 Å². The van der Waals surface area contributed by atoms with Gasteiger partial charge < -0.3 is 10.3 Å². The Hall–Kier alpha value is -3.40. The zero-order valence-corrected chi connectivity index (χ0v) is 10.7. The van der Waals surface area contributed by atoms with E-state index in [9.17, 15) is 14.9 Å². The fourth-order valence-corrected chi connectivity index (χ4v) is 1.67. The molecule has 104 valence electrons. The smallest absolute Gasteiger partial charge is 0.292 e. The third-order valence-electron chi connectivity index (χ3n) is 2.64. The molecule has 1 aromatic heterocycles. The molecule has 0 radical (unpaired) electrons. The monoisotopic (exact) mass is 282 g/mol. The highest BCUT2D eigenvalue weighted by Gasteiger charge is 2.17. The number of nitrogens with one attached hydrogen (secondary N) is 2. The molecule has 0 saturated carbocycles. The summed E-state index contributed by atoms with van der Waals surface area (Å²) in [7, 11) is 0. The second-order valence-corrected chi connectivity index (χ2v) is 4.02. The van der Waals surface area contributed by atoms with Crippen molar-refractivity contribution in [3.05, 3.63) is 64.0 Å². The van der Waals surface area contributed by atoms with Gasteiger partial charge in [-0.15, -0.1) is 0 Å². The Morgan fingerprint density at radius 2 is 2.10 bits per heavy atom. The van der Waals surface area contributed by atoms with Gasteiger partial charge in [-0.2, -0.15) is 5.26 Å². The Labute approximate surface area is 119 Å². The molecule has 7 heteroatoms. The Kier molecular flexibility index (Phi) is 4.11. The minimum atomic E-state index is -0.707. The quantitative estimate of drug-likeness (QED) is 0.388. The molecule has 2 rings (SSSR count). The number of nitro benzene ring substituents is 1. The van der Waals surface area contributed by atoms with Gasteiger partial charge in [0.2, 0.25) is 0 Å². The summed E-state index contributed by atoms with van der Waals surface area (Å²) < 4.78 is 0. The number of aromatic nitrogens is 1. The Balaban J connectivity index is 2.25. The minimum Gasteiger partial charge on any atom is -0.362 e. The van der Waals surface area contributed by atoms with Gasteiger partial charge in [0.25, 0.3) is 11.6 Å². The number of para-hydroxylation sites is 2. The zero-order chi connectivity index (χ0) is 15.2. The predicted molar refractivity (Wildman–Crippen MR) is 76.1 cm³/mol. The summed E-state index contributed by atoms with van der Waals surface area (Å²) in [5.41, 5.74) is 0.239. The van der Waals surface area contributed by atoms with Gasteiger partial charge in [0.1, 0.15) is 17.3 Å². The van der Waals surface area contributed by atoms with E-state index in [2.05, 4.69) is 10.3 Å². The van der Waals surface area contributed by atoms with Crippen molar-refractivity contribution in [3.63, 3.8) is 0 Å². The topological polar surface area (TPSA) is 112 Å².